The van der Waals surface area contributed by atoms with Crippen molar-refractivity contribution in [2.45, 2.75) is 51.4 Å². The molecule has 1 fully saturated rings. The summed E-state index contributed by atoms with van der Waals surface area (Å²) in [4.78, 5) is 28.2. The van der Waals surface area contributed by atoms with Crippen LogP contribution in [0.1, 0.15) is 32.6 Å². The lowest BCUT2D eigenvalue weighted by molar-refractivity contribution is -0.119. The molecule has 39 heavy (non-hydrogen) atoms. The van der Waals surface area contributed by atoms with E-state index in [0.29, 0.717) is 0 Å². The number of thioether (sulfide) groups is 1. The number of carbonyl (C=O) groups is 1. The number of aromatic nitrogens is 2. The number of anilines is 1. The molecule has 0 bridgehead atoms. The predicted molar refractivity (Wildman–Crippen MR) is 145 cm³/mol. The van der Waals surface area contributed by atoms with Gasteiger partial charge < -0.3 is 25.8 Å². The Morgan fingerprint density at radius 1 is 1.31 bits per heavy atom. The van der Waals surface area contributed by atoms with E-state index in [9.17, 15) is 29.5 Å². The van der Waals surface area contributed by atoms with Crippen LogP contribution in [0, 0.1) is 5.41 Å². The molecule has 5 atom stereocenters. The predicted octanol–water partition coefficient (Wildman–Crippen LogP) is 1.04. The van der Waals surface area contributed by atoms with E-state index >= 15 is 0 Å². The molecule has 1 aliphatic heterocycles. The maximum Gasteiger partial charge on any atom is 0.405 e. The highest BCUT2D eigenvalue weighted by atomic mass is 32.2. The molecular weight excluding hydrogens is 551 g/mol. The monoisotopic (exact) mass is 586 g/mol. The molecule has 6 N–H and O–H groups in total. The summed E-state index contributed by atoms with van der Waals surface area (Å²) in [6.45, 7) is 3.74. The number of ether oxygens (including phenoxy) is 1. The summed E-state index contributed by atoms with van der Waals surface area (Å²) in [6.07, 6.45) is -2.75. The molecule has 0 radical (unpaired) electrons. The number of hydrogen-bond donors (Lipinski definition) is 5. The van der Waals surface area contributed by atoms with Gasteiger partial charge in [-0.15, -0.1) is 0 Å². The second-order valence-electron chi connectivity index (χ2n) is 9.86. The van der Waals surface area contributed by atoms with Crippen molar-refractivity contribution in [1.29, 1.82) is 0 Å². The lowest BCUT2D eigenvalue weighted by atomic mass is 9.96. The summed E-state index contributed by atoms with van der Waals surface area (Å²) < 4.78 is 31.5. The highest BCUT2D eigenvalue weighted by molar-refractivity contribution is 8.13. The highest BCUT2D eigenvalue weighted by Gasteiger charge is 2.54. The van der Waals surface area contributed by atoms with Crippen molar-refractivity contribution in [2.75, 3.05) is 31.3 Å². The van der Waals surface area contributed by atoms with Crippen LogP contribution < -0.4 is 16.5 Å². The van der Waals surface area contributed by atoms with Crippen LogP contribution in [0.4, 0.5) is 5.82 Å². The molecule has 0 spiro atoms. The van der Waals surface area contributed by atoms with Gasteiger partial charge in [0.2, 0.25) is 0 Å². The molecule has 3 rings (SSSR count). The molecule has 15 heteroatoms. The minimum absolute atomic E-state index is 0.0170. The van der Waals surface area contributed by atoms with Crippen LogP contribution in [-0.4, -0.2) is 73.4 Å². The Hall–Kier alpha value is -2.13. The number of nitrogens with zero attached hydrogens (tertiary/aromatic N) is 2. The first kappa shape index (κ1) is 31.4. The first-order valence-corrected chi connectivity index (χ1v) is 14.7. The zero-order chi connectivity index (χ0) is 28.8. The molecule has 0 saturated carbocycles. The molecule has 3 unspecified atom stereocenters. The Morgan fingerprint density at radius 2 is 2.00 bits per heavy atom. The van der Waals surface area contributed by atoms with Crippen molar-refractivity contribution < 1.29 is 38.5 Å². The lowest BCUT2D eigenvalue weighted by Gasteiger charge is -2.27. The van der Waals surface area contributed by atoms with E-state index < -0.39 is 49.5 Å². The minimum Gasteiger partial charge on any atom is -0.395 e. The zero-order valence-electron chi connectivity index (χ0n) is 21.9. The van der Waals surface area contributed by atoms with Crippen LogP contribution in [-0.2, 0) is 29.7 Å². The van der Waals surface area contributed by atoms with E-state index in [1.165, 1.54) is 19.2 Å². The van der Waals surface area contributed by atoms with Crippen LogP contribution in [0.3, 0.4) is 0 Å². The third-order valence-electron chi connectivity index (χ3n) is 6.11. The van der Waals surface area contributed by atoms with Crippen molar-refractivity contribution in [1.82, 2.24) is 14.6 Å². The van der Waals surface area contributed by atoms with E-state index in [1.807, 2.05) is 30.3 Å². The number of hydrogen-bond acceptors (Lipinski definition) is 12. The van der Waals surface area contributed by atoms with Crippen molar-refractivity contribution >= 4 is 30.4 Å². The van der Waals surface area contributed by atoms with E-state index in [2.05, 4.69) is 10.1 Å². The van der Waals surface area contributed by atoms with Crippen LogP contribution in [0.25, 0.3) is 0 Å². The smallest absolute Gasteiger partial charge is 0.395 e. The quantitative estimate of drug-likeness (QED) is 0.165. The van der Waals surface area contributed by atoms with Gasteiger partial charge in [-0.2, -0.15) is 4.98 Å². The molecule has 13 nitrogen and oxygen atoms in total. The fourth-order valence-electron chi connectivity index (χ4n) is 3.62. The van der Waals surface area contributed by atoms with Gasteiger partial charge in [-0.1, -0.05) is 42.1 Å². The van der Waals surface area contributed by atoms with Crippen LogP contribution in [0.15, 0.2) is 47.4 Å². The number of nitrogens with two attached hydrogens (primary N) is 1. The molecule has 1 saturated heterocycles. The average Bonchev–Trinajstić information content (AvgIpc) is 3.13. The summed E-state index contributed by atoms with van der Waals surface area (Å²) in [5, 5.41) is 33.5. The van der Waals surface area contributed by atoms with Gasteiger partial charge in [0.05, 0.1) is 25.2 Å². The number of rotatable bonds is 13. The number of nitrogen functional groups attached to an aromatic ring is 1. The standard InChI is InChI=1S/C24H35N4O9PS/c1-23(2,15-29)21(31)39-12-11-35-38(34,26-13-16-7-5-4-6-8-16)36-14-17-19(30)24(3,33)20(37-17)28-10-9-18(25)27-22(28)32/h4-10,17,19-20,29-30,33H,11-15H2,1-3H3,(H,26,34)(H2,25,27,32)/t17-,19?,20?,24+,38?/m1/s1. The van der Waals surface area contributed by atoms with Gasteiger partial charge in [-0.25, -0.2) is 14.4 Å². The summed E-state index contributed by atoms with van der Waals surface area (Å²) >= 11 is 0.934. The van der Waals surface area contributed by atoms with Gasteiger partial charge >= 0.3 is 13.4 Å². The van der Waals surface area contributed by atoms with Crippen molar-refractivity contribution in [3.63, 3.8) is 0 Å². The fourth-order valence-corrected chi connectivity index (χ4v) is 5.86. The highest BCUT2D eigenvalue weighted by Crippen LogP contribution is 2.46. The molecule has 0 aliphatic carbocycles. The maximum atomic E-state index is 13.6. The molecule has 1 aromatic heterocycles. The Labute approximate surface area is 230 Å². The van der Waals surface area contributed by atoms with E-state index in [0.717, 1.165) is 21.9 Å². The molecule has 2 heterocycles. The van der Waals surface area contributed by atoms with Gasteiger partial charge in [-0.3, -0.25) is 18.4 Å². The third kappa shape index (κ3) is 7.97. The van der Waals surface area contributed by atoms with Crippen LogP contribution in [0.5, 0.6) is 0 Å². The van der Waals surface area contributed by atoms with Crippen LogP contribution >= 0.6 is 19.5 Å². The maximum absolute atomic E-state index is 13.6. The average molecular weight is 587 g/mol. The summed E-state index contributed by atoms with van der Waals surface area (Å²) in [5.41, 5.74) is 2.69. The molecule has 2 aromatic rings. The Balaban J connectivity index is 1.68. The van der Waals surface area contributed by atoms with Gasteiger partial charge in [0, 0.05) is 18.5 Å². The molecular formula is C24H35N4O9PS. The SMILES string of the molecule is CC(C)(CO)C(=O)SCCOP(=O)(NCc1ccccc1)OC[C@H]1OC(n2ccc(N)nc2=O)[C@@](C)(O)C1O. The molecule has 1 aromatic carbocycles. The first-order chi connectivity index (χ1) is 18.3. The minimum atomic E-state index is -4.02. The van der Waals surface area contributed by atoms with Gasteiger partial charge in [0.25, 0.3) is 0 Å². The van der Waals surface area contributed by atoms with Crippen LogP contribution in [0.2, 0.25) is 0 Å². The van der Waals surface area contributed by atoms with E-state index in [1.54, 1.807) is 13.8 Å². The van der Waals surface area contributed by atoms with Gasteiger partial charge in [0.1, 0.15) is 23.6 Å². The number of nitrogens with one attached hydrogen (secondary N) is 1. The summed E-state index contributed by atoms with van der Waals surface area (Å²) in [6, 6.07) is 10.4. The lowest BCUT2D eigenvalue weighted by Crippen LogP contribution is -2.46. The van der Waals surface area contributed by atoms with Crippen molar-refractivity contribution in [3.8, 4) is 0 Å². The van der Waals surface area contributed by atoms with Gasteiger partial charge in [0.15, 0.2) is 11.3 Å². The number of benzene rings is 1. The molecule has 216 valence electrons. The largest absolute Gasteiger partial charge is 0.405 e. The second-order valence-corrected chi connectivity index (χ2v) is 12.8. The number of aliphatic hydroxyl groups excluding tert-OH is 2. The Kier molecular flexibility index (Phi) is 10.5. The number of aliphatic hydroxyl groups is 3. The fraction of sp³-hybridized carbons (Fsp3) is 0.542. The third-order valence-corrected chi connectivity index (χ3v) is 8.86. The first-order valence-electron chi connectivity index (χ1n) is 12.2. The molecule has 1 aliphatic rings. The van der Waals surface area contributed by atoms with Crippen molar-refractivity contribution in [2.24, 2.45) is 5.41 Å². The second kappa shape index (κ2) is 13.0. The normalized spacial score (nSPS) is 24.9. The summed E-state index contributed by atoms with van der Waals surface area (Å²) in [7, 11) is -4.02. The Bertz CT molecular complexity index is 1230. The topological polar surface area (TPSA) is 195 Å². The van der Waals surface area contributed by atoms with E-state index in [-0.39, 0.29) is 36.4 Å². The van der Waals surface area contributed by atoms with E-state index in [4.69, 9.17) is 19.5 Å². The van der Waals surface area contributed by atoms with Gasteiger partial charge in [-0.05, 0) is 32.4 Å². The molecule has 0 amide bonds. The zero-order valence-corrected chi connectivity index (χ0v) is 23.6. The number of carbonyl (C=O) groups excluding carboxylic acids is 1. The Morgan fingerprint density at radius 3 is 2.64 bits per heavy atom. The summed E-state index contributed by atoms with van der Waals surface area (Å²) in [5.74, 6) is 0.131. The van der Waals surface area contributed by atoms with Crippen molar-refractivity contribution in [3.05, 3.63) is 58.6 Å².